The van der Waals surface area contributed by atoms with E-state index < -0.39 is 0 Å². The van der Waals surface area contributed by atoms with Crippen LogP contribution in [0.3, 0.4) is 0 Å². The normalized spacial score (nSPS) is 11.8. The highest BCUT2D eigenvalue weighted by Gasteiger charge is 2.22. The predicted octanol–water partition coefficient (Wildman–Crippen LogP) is 11.7. The van der Waals surface area contributed by atoms with Gasteiger partial charge in [0.1, 0.15) is 11.2 Å². The molecule has 2 heteroatoms. The van der Waals surface area contributed by atoms with Gasteiger partial charge >= 0.3 is 0 Å². The van der Waals surface area contributed by atoms with Crippen LogP contribution in [-0.4, -0.2) is 0 Å². The van der Waals surface area contributed by atoms with Crippen molar-refractivity contribution in [1.82, 2.24) is 0 Å². The fourth-order valence-corrected chi connectivity index (χ4v) is 6.70. The van der Waals surface area contributed by atoms with Gasteiger partial charge in [-0.3, -0.25) is 0 Å². The highest BCUT2D eigenvalue weighted by atomic mass is 16.3. The van der Waals surface area contributed by atoms with Crippen LogP contribution >= 0.6 is 0 Å². The minimum atomic E-state index is 0.889. The predicted molar refractivity (Wildman–Crippen MR) is 178 cm³/mol. The van der Waals surface area contributed by atoms with Crippen molar-refractivity contribution < 1.29 is 4.42 Å². The van der Waals surface area contributed by atoms with Crippen LogP contribution in [0.5, 0.6) is 0 Å². The minimum absolute atomic E-state index is 0.889. The van der Waals surface area contributed by atoms with Gasteiger partial charge in [0.2, 0.25) is 0 Å². The molecule has 9 rings (SSSR count). The molecule has 0 spiro atoms. The van der Waals surface area contributed by atoms with Gasteiger partial charge < -0.3 is 9.32 Å². The van der Waals surface area contributed by atoms with Crippen molar-refractivity contribution in [2.24, 2.45) is 0 Å². The molecule has 0 radical (unpaired) electrons. The van der Waals surface area contributed by atoms with Crippen LogP contribution in [0.1, 0.15) is 0 Å². The Morgan fingerprint density at radius 3 is 1.67 bits per heavy atom. The van der Waals surface area contributed by atoms with Crippen LogP contribution in [-0.2, 0) is 0 Å². The fraction of sp³-hybridized carbons (Fsp3) is 0. The molecule has 0 unspecified atom stereocenters. The molecular weight excluding hydrogens is 510 g/mol. The lowest BCUT2D eigenvalue weighted by Crippen LogP contribution is -2.11. The lowest BCUT2D eigenvalue weighted by atomic mass is 9.97. The summed E-state index contributed by atoms with van der Waals surface area (Å²) in [5.41, 5.74) is 5.13. The summed E-state index contributed by atoms with van der Waals surface area (Å²) in [4.78, 5) is 2.40. The summed E-state index contributed by atoms with van der Waals surface area (Å²) >= 11 is 0. The summed E-state index contributed by atoms with van der Waals surface area (Å²) in [6.45, 7) is 0. The van der Waals surface area contributed by atoms with Crippen LogP contribution in [0.25, 0.3) is 65.0 Å². The van der Waals surface area contributed by atoms with Crippen LogP contribution in [0.2, 0.25) is 0 Å². The molecule has 0 saturated carbocycles. The smallest absolute Gasteiger partial charge is 0.138 e. The SMILES string of the molecule is c1ccc(N(c2cc3ccccc3c3ccccc23)c2cc3oc4cc5ccccc5cc4c3c3ccccc23)cc1. The molecule has 0 fully saturated rings. The van der Waals surface area contributed by atoms with Gasteiger partial charge in [-0.05, 0) is 62.6 Å². The molecule has 1 aromatic heterocycles. The molecule has 0 saturated heterocycles. The van der Waals surface area contributed by atoms with E-state index in [1.54, 1.807) is 0 Å². The van der Waals surface area contributed by atoms with Crippen molar-refractivity contribution in [3.63, 3.8) is 0 Å². The molecule has 196 valence electrons. The van der Waals surface area contributed by atoms with Crippen molar-refractivity contribution in [2.45, 2.75) is 0 Å². The van der Waals surface area contributed by atoms with E-state index in [-0.39, 0.29) is 0 Å². The van der Waals surface area contributed by atoms with Crippen molar-refractivity contribution >= 4 is 82.1 Å². The van der Waals surface area contributed by atoms with Crippen LogP contribution in [0.4, 0.5) is 17.1 Å². The van der Waals surface area contributed by atoms with Gasteiger partial charge in [-0.1, -0.05) is 115 Å². The zero-order valence-corrected chi connectivity index (χ0v) is 22.8. The van der Waals surface area contributed by atoms with E-state index in [4.69, 9.17) is 4.42 Å². The van der Waals surface area contributed by atoms with E-state index in [1.165, 1.54) is 43.1 Å². The summed E-state index contributed by atoms with van der Waals surface area (Å²) < 4.78 is 6.66. The second kappa shape index (κ2) is 8.95. The average Bonchev–Trinajstić information content (AvgIpc) is 3.41. The molecule has 8 aromatic carbocycles. The van der Waals surface area contributed by atoms with E-state index in [2.05, 4.69) is 157 Å². The highest BCUT2D eigenvalue weighted by Crippen LogP contribution is 2.47. The Bertz CT molecular complexity index is 2470. The summed E-state index contributed by atoms with van der Waals surface area (Å²) in [6, 6.07) is 54.3. The molecule has 0 atom stereocenters. The standard InChI is InChI=1S/C40H25NO/c1-2-15-29(16-3-1)41(36-23-28-14-6-7-17-30(28)31-18-8-9-19-32(31)36)37-25-39-40(34-21-11-10-20-33(34)37)35-22-26-12-4-5-13-27(26)24-38(35)42-39/h1-25H. The number of para-hydroxylation sites is 1. The van der Waals surface area contributed by atoms with Gasteiger partial charge in [0, 0.05) is 33.3 Å². The number of hydrogen-bond donors (Lipinski definition) is 0. The molecular formula is C40H25NO. The van der Waals surface area contributed by atoms with Gasteiger partial charge in [0.25, 0.3) is 0 Å². The average molecular weight is 536 g/mol. The van der Waals surface area contributed by atoms with Crippen molar-refractivity contribution in [3.05, 3.63) is 152 Å². The number of fused-ring (bicyclic) bond motifs is 9. The molecule has 42 heavy (non-hydrogen) atoms. The summed E-state index contributed by atoms with van der Waals surface area (Å²) in [6.07, 6.45) is 0. The monoisotopic (exact) mass is 535 g/mol. The second-order valence-electron chi connectivity index (χ2n) is 10.9. The largest absolute Gasteiger partial charge is 0.456 e. The zero-order chi connectivity index (χ0) is 27.6. The quantitative estimate of drug-likeness (QED) is 0.209. The number of hydrogen-bond acceptors (Lipinski definition) is 2. The number of anilines is 3. The fourth-order valence-electron chi connectivity index (χ4n) is 6.70. The van der Waals surface area contributed by atoms with E-state index in [0.717, 1.165) is 39.0 Å². The van der Waals surface area contributed by atoms with Crippen LogP contribution in [0, 0.1) is 0 Å². The molecule has 9 aromatic rings. The third-order valence-electron chi connectivity index (χ3n) is 8.57. The molecule has 1 heterocycles. The first-order valence-corrected chi connectivity index (χ1v) is 14.4. The number of benzene rings is 8. The maximum absolute atomic E-state index is 6.66. The Hall–Kier alpha value is -5.60. The first kappa shape index (κ1) is 23.1. The molecule has 0 aliphatic carbocycles. The molecule has 0 aliphatic heterocycles. The zero-order valence-electron chi connectivity index (χ0n) is 22.8. The lowest BCUT2D eigenvalue weighted by Gasteiger charge is -2.28. The van der Waals surface area contributed by atoms with Crippen molar-refractivity contribution in [1.29, 1.82) is 0 Å². The Morgan fingerprint density at radius 1 is 0.357 bits per heavy atom. The maximum atomic E-state index is 6.66. The summed E-state index contributed by atoms with van der Waals surface area (Å²) in [5.74, 6) is 0. The summed E-state index contributed by atoms with van der Waals surface area (Å²) in [7, 11) is 0. The Kier molecular flexibility index (Phi) is 4.93. The molecule has 0 amide bonds. The maximum Gasteiger partial charge on any atom is 0.138 e. The third kappa shape index (κ3) is 3.39. The van der Waals surface area contributed by atoms with E-state index >= 15 is 0 Å². The van der Waals surface area contributed by atoms with Crippen LogP contribution in [0.15, 0.2) is 156 Å². The molecule has 0 N–H and O–H groups in total. The Labute approximate surface area is 242 Å². The van der Waals surface area contributed by atoms with Gasteiger partial charge in [-0.2, -0.15) is 0 Å². The number of rotatable bonds is 3. The Morgan fingerprint density at radius 2 is 0.905 bits per heavy atom. The van der Waals surface area contributed by atoms with Gasteiger partial charge in [-0.25, -0.2) is 0 Å². The van der Waals surface area contributed by atoms with E-state index in [1.807, 2.05) is 0 Å². The molecule has 0 bridgehead atoms. The number of nitrogens with zero attached hydrogens (tertiary/aromatic N) is 1. The first-order valence-electron chi connectivity index (χ1n) is 14.4. The molecule has 2 nitrogen and oxygen atoms in total. The first-order chi connectivity index (χ1) is 20.8. The van der Waals surface area contributed by atoms with Crippen molar-refractivity contribution in [2.75, 3.05) is 4.90 Å². The van der Waals surface area contributed by atoms with Gasteiger partial charge in [0.05, 0.1) is 11.4 Å². The second-order valence-corrected chi connectivity index (χ2v) is 10.9. The topological polar surface area (TPSA) is 16.4 Å². The van der Waals surface area contributed by atoms with E-state index in [0.29, 0.717) is 0 Å². The Balaban J connectivity index is 1.43. The van der Waals surface area contributed by atoms with Crippen molar-refractivity contribution in [3.8, 4) is 0 Å². The van der Waals surface area contributed by atoms with E-state index in [9.17, 15) is 0 Å². The van der Waals surface area contributed by atoms with Gasteiger partial charge in [0.15, 0.2) is 0 Å². The number of furan rings is 1. The lowest BCUT2D eigenvalue weighted by molar-refractivity contribution is 0.670. The highest BCUT2D eigenvalue weighted by molar-refractivity contribution is 6.24. The minimum Gasteiger partial charge on any atom is -0.456 e. The third-order valence-corrected chi connectivity index (χ3v) is 8.57. The summed E-state index contributed by atoms with van der Waals surface area (Å²) in [5, 5.41) is 12.0. The van der Waals surface area contributed by atoms with Crippen LogP contribution < -0.4 is 4.90 Å². The van der Waals surface area contributed by atoms with Gasteiger partial charge in [-0.15, -0.1) is 0 Å². The molecule has 0 aliphatic rings.